The Morgan fingerprint density at radius 2 is 1.73 bits per heavy atom. The lowest BCUT2D eigenvalue weighted by molar-refractivity contribution is -0.124. The molecular weight excluding hydrogens is 446 g/mol. The van der Waals surface area contributed by atoms with Crippen LogP contribution in [0.15, 0.2) is 48.5 Å². The van der Waals surface area contributed by atoms with E-state index in [1.165, 1.54) is 11.3 Å². The Hall–Kier alpha value is -3.72. The number of benzene rings is 2. The van der Waals surface area contributed by atoms with Crippen molar-refractivity contribution >= 4 is 23.2 Å². The zero-order valence-corrected chi connectivity index (χ0v) is 19.0. The average molecular weight is 470 g/mol. The first-order valence-corrected chi connectivity index (χ1v) is 11.0. The minimum Gasteiger partial charge on any atom is -0.493 e. The molecule has 0 saturated carbocycles. The molecule has 0 spiro atoms. The summed E-state index contributed by atoms with van der Waals surface area (Å²) in [7, 11) is 3.10. The van der Waals surface area contributed by atoms with Crippen molar-refractivity contribution in [3.63, 3.8) is 0 Å². The van der Waals surface area contributed by atoms with Gasteiger partial charge in [0, 0.05) is 11.4 Å². The molecule has 2 aromatic carbocycles. The number of hydrogen-bond donors (Lipinski definition) is 1. The molecule has 0 saturated heterocycles. The average Bonchev–Trinajstić information content (AvgIpc) is 3.36. The fraction of sp³-hybridized carbons (Fsp3) is 0.250. The number of carbonyl (C=O) groups is 2. The minimum atomic E-state index is -0.551. The van der Waals surface area contributed by atoms with Gasteiger partial charge in [-0.2, -0.15) is 0 Å². The van der Waals surface area contributed by atoms with Crippen LogP contribution in [0, 0.1) is 0 Å². The first-order chi connectivity index (χ1) is 16.1. The molecule has 1 amide bonds. The van der Waals surface area contributed by atoms with Crippen molar-refractivity contribution < 1.29 is 33.3 Å². The van der Waals surface area contributed by atoms with Gasteiger partial charge in [0.05, 0.1) is 14.2 Å². The smallest absolute Gasteiger partial charge is 0.348 e. The fourth-order valence-electron chi connectivity index (χ4n) is 3.24. The van der Waals surface area contributed by atoms with E-state index in [1.54, 1.807) is 32.4 Å². The van der Waals surface area contributed by atoms with Gasteiger partial charge in [0.25, 0.3) is 5.91 Å². The molecule has 9 heteroatoms. The maximum absolute atomic E-state index is 12.4. The summed E-state index contributed by atoms with van der Waals surface area (Å²) < 4.78 is 26.8. The van der Waals surface area contributed by atoms with Crippen molar-refractivity contribution in [1.82, 2.24) is 5.32 Å². The summed E-state index contributed by atoms with van der Waals surface area (Å²) in [4.78, 5) is 25.8. The van der Waals surface area contributed by atoms with Crippen LogP contribution < -0.4 is 24.3 Å². The molecule has 4 rings (SSSR count). The van der Waals surface area contributed by atoms with Gasteiger partial charge >= 0.3 is 5.97 Å². The Kier molecular flexibility index (Phi) is 6.99. The molecule has 0 aliphatic carbocycles. The number of carbonyl (C=O) groups excluding carboxylic acids is 2. The largest absolute Gasteiger partial charge is 0.493 e. The number of thiophene rings is 1. The number of fused-ring (bicyclic) bond motifs is 1. The highest BCUT2D eigenvalue weighted by Gasteiger charge is 2.16. The summed E-state index contributed by atoms with van der Waals surface area (Å²) in [6.07, 6.45) is 0. The SMILES string of the molecule is COc1ccc(CNC(=O)COC(=O)c2ccc(-c3ccc4c(c3)OCCO4)s2)cc1OC. The first-order valence-electron chi connectivity index (χ1n) is 10.2. The highest BCUT2D eigenvalue weighted by Crippen LogP contribution is 2.37. The topological polar surface area (TPSA) is 92.3 Å². The van der Waals surface area contributed by atoms with E-state index in [9.17, 15) is 9.59 Å². The van der Waals surface area contributed by atoms with Crippen LogP contribution in [0.2, 0.25) is 0 Å². The fourth-order valence-corrected chi connectivity index (χ4v) is 4.14. The lowest BCUT2D eigenvalue weighted by Gasteiger charge is -2.18. The van der Waals surface area contributed by atoms with Gasteiger partial charge in [-0.15, -0.1) is 11.3 Å². The number of hydrogen-bond acceptors (Lipinski definition) is 8. The molecule has 0 unspecified atom stereocenters. The Morgan fingerprint density at radius 1 is 0.939 bits per heavy atom. The molecule has 2 heterocycles. The molecule has 172 valence electrons. The van der Waals surface area contributed by atoms with Crippen LogP contribution in [0.25, 0.3) is 10.4 Å². The highest BCUT2D eigenvalue weighted by molar-refractivity contribution is 7.17. The van der Waals surface area contributed by atoms with Crippen molar-refractivity contribution in [3.8, 4) is 33.4 Å². The molecule has 8 nitrogen and oxygen atoms in total. The predicted octanol–water partition coefficient (Wildman–Crippen LogP) is 3.68. The molecule has 1 N–H and O–H groups in total. The molecule has 0 fully saturated rings. The van der Waals surface area contributed by atoms with E-state index >= 15 is 0 Å². The van der Waals surface area contributed by atoms with Crippen LogP contribution in [-0.4, -0.2) is 45.9 Å². The third-order valence-electron chi connectivity index (χ3n) is 4.91. The van der Waals surface area contributed by atoms with Crippen molar-refractivity contribution in [2.24, 2.45) is 0 Å². The van der Waals surface area contributed by atoms with E-state index in [0.29, 0.717) is 41.1 Å². The van der Waals surface area contributed by atoms with E-state index in [0.717, 1.165) is 16.0 Å². The monoisotopic (exact) mass is 469 g/mol. The van der Waals surface area contributed by atoms with E-state index < -0.39 is 11.9 Å². The first kappa shape index (κ1) is 22.5. The van der Waals surface area contributed by atoms with Crippen molar-refractivity contribution in [2.45, 2.75) is 6.54 Å². The predicted molar refractivity (Wildman–Crippen MR) is 122 cm³/mol. The highest BCUT2D eigenvalue weighted by atomic mass is 32.1. The summed E-state index contributed by atoms with van der Waals surface area (Å²) >= 11 is 1.29. The van der Waals surface area contributed by atoms with Gasteiger partial charge in [0.15, 0.2) is 29.6 Å². The standard InChI is InChI=1S/C24H23NO7S/c1-28-17-5-3-15(11-19(17)29-2)13-25-23(26)14-32-24(27)22-8-7-21(33-22)16-4-6-18-20(12-16)31-10-9-30-18/h3-8,11-12H,9-10,13-14H2,1-2H3,(H,25,26). The minimum absolute atomic E-state index is 0.268. The van der Waals surface area contributed by atoms with Gasteiger partial charge in [-0.05, 0) is 53.6 Å². The van der Waals surface area contributed by atoms with Crippen LogP contribution in [0.5, 0.6) is 23.0 Å². The van der Waals surface area contributed by atoms with E-state index in [1.807, 2.05) is 30.3 Å². The second-order valence-corrected chi connectivity index (χ2v) is 8.15. The zero-order valence-electron chi connectivity index (χ0n) is 18.2. The number of nitrogens with one attached hydrogen (secondary N) is 1. The van der Waals surface area contributed by atoms with Crippen molar-refractivity contribution in [2.75, 3.05) is 34.0 Å². The van der Waals surface area contributed by atoms with Gasteiger partial charge in [-0.1, -0.05) is 6.07 Å². The van der Waals surface area contributed by atoms with Gasteiger partial charge in [0.2, 0.25) is 0 Å². The van der Waals surface area contributed by atoms with Gasteiger partial charge in [-0.25, -0.2) is 4.79 Å². The number of methoxy groups -OCH3 is 2. The molecule has 33 heavy (non-hydrogen) atoms. The van der Waals surface area contributed by atoms with Crippen molar-refractivity contribution in [1.29, 1.82) is 0 Å². The summed E-state index contributed by atoms with van der Waals surface area (Å²) in [6, 6.07) is 14.5. The van der Waals surface area contributed by atoms with Crippen LogP contribution in [0.3, 0.4) is 0 Å². The quantitative estimate of drug-likeness (QED) is 0.503. The van der Waals surface area contributed by atoms with Crippen molar-refractivity contribution in [3.05, 3.63) is 59.0 Å². The van der Waals surface area contributed by atoms with Gasteiger partial charge < -0.3 is 29.0 Å². The summed E-state index contributed by atoms with van der Waals surface area (Å²) in [5.74, 6) is 1.62. The second-order valence-electron chi connectivity index (χ2n) is 7.06. The molecule has 3 aromatic rings. The van der Waals surface area contributed by atoms with Crippen LogP contribution in [-0.2, 0) is 16.1 Å². The molecule has 1 aliphatic heterocycles. The molecule has 1 aromatic heterocycles. The van der Waals surface area contributed by atoms with E-state index in [4.69, 9.17) is 23.7 Å². The maximum Gasteiger partial charge on any atom is 0.348 e. The Morgan fingerprint density at radius 3 is 2.52 bits per heavy atom. The number of amides is 1. The molecular formula is C24H23NO7S. The molecule has 1 aliphatic rings. The van der Waals surface area contributed by atoms with Crippen LogP contribution in [0.4, 0.5) is 0 Å². The number of ether oxygens (including phenoxy) is 5. The molecule has 0 bridgehead atoms. The summed E-state index contributed by atoms with van der Waals surface area (Å²) in [5.41, 5.74) is 1.74. The normalized spacial score (nSPS) is 12.1. The van der Waals surface area contributed by atoms with E-state index in [2.05, 4.69) is 5.32 Å². The number of rotatable bonds is 8. The Labute approximate surface area is 195 Å². The Balaban J connectivity index is 1.29. The third-order valence-corrected chi connectivity index (χ3v) is 6.02. The van der Waals surface area contributed by atoms with E-state index in [-0.39, 0.29) is 13.2 Å². The lowest BCUT2D eigenvalue weighted by atomic mass is 10.1. The third kappa shape index (κ3) is 5.38. The second kappa shape index (κ2) is 10.3. The summed E-state index contributed by atoms with van der Waals surface area (Å²) in [5, 5.41) is 2.72. The van der Waals surface area contributed by atoms with Gasteiger partial charge in [0.1, 0.15) is 18.1 Å². The lowest BCUT2D eigenvalue weighted by Crippen LogP contribution is -2.28. The van der Waals surface area contributed by atoms with Crippen LogP contribution >= 0.6 is 11.3 Å². The number of esters is 1. The van der Waals surface area contributed by atoms with Crippen LogP contribution in [0.1, 0.15) is 15.2 Å². The molecule has 0 atom stereocenters. The Bertz CT molecular complexity index is 1160. The molecule has 0 radical (unpaired) electrons. The summed E-state index contributed by atoms with van der Waals surface area (Å²) in [6.45, 7) is 0.934. The van der Waals surface area contributed by atoms with Gasteiger partial charge in [-0.3, -0.25) is 4.79 Å². The zero-order chi connectivity index (χ0) is 23.2. The maximum atomic E-state index is 12.4.